The summed E-state index contributed by atoms with van der Waals surface area (Å²) in [5.41, 5.74) is 3.53. The Morgan fingerprint density at radius 3 is 2.26 bits per heavy atom. The maximum atomic E-state index is 12.8. The van der Waals surface area contributed by atoms with Gasteiger partial charge >= 0.3 is 6.09 Å². The molecular weight excluding hydrogens is 434 g/mol. The molecule has 2 aromatic rings. The van der Waals surface area contributed by atoms with Crippen molar-refractivity contribution >= 4 is 17.8 Å². The number of carbonyl (C=O) groups is 3. The van der Waals surface area contributed by atoms with Gasteiger partial charge in [0.15, 0.2) is 5.78 Å². The Bertz CT molecular complexity index is 1030. The van der Waals surface area contributed by atoms with Gasteiger partial charge in [-0.05, 0) is 36.1 Å². The predicted molar refractivity (Wildman–Crippen MR) is 127 cm³/mol. The Morgan fingerprint density at radius 1 is 0.971 bits per heavy atom. The quantitative estimate of drug-likeness (QED) is 0.635. The first-order valence-corrected chi connectivity index (χ1v) is 11.7. The molecule has 180 valence electrons. The highest BCUT2D eigenvalue weighted by Gasteiger charge is 2.26. The molecule has 2 N–H and O–H groups in total. The predicted octanol–water partition coefficient (Wildman–Crippen LogP) is 2.25. The Hall–Kier alpha value is -3.23. The number of rotatable bonds is 6. The molecule has 2 amide bonds. The van der Waals surface area contributed by atoms with E-state index in [4.69, 9.17) is 4.74 Å². The van der Waals surface area contributed by atoms with Crippen molar-refractivity contribution in [3.05, 3.63) is 70.8 Å². The molecular formula is C26H31N3O5. The van der Waals surface area contributed by atoms with Crippen LogP contribution in [0, 0.1) is 0 Å². The van der Waals surface area contributed by atoms with Crippen molar-refractivity contribution in [1.29, 1.82) is 0 Å². The zero-order chi connectivity index (χ0) is 24.1. The molecule has 2 aromatic carbocycles. The number of hydrogen-bond donors (Lipinski definition) is 2. The maximum absolute atomic E-state index is 12.8. The lowest BCUT2D eigenvalue weighted by molar-refractivity contribution is 0.0599. The SMILES string of the molecule is COC(=O)N1CCN(C(=O)c2ccc(C(=O)CC[C@@H](O)[C@@H]3Cc4ccccc4CN3)cc2)CC1. The minimum absolute atomic E-state index is 0.0547. The molecule has 2 aliphatic rings. The zero-order valence-corrected chi connectivity index (χ0v) is 19.4. The van der Waals surface area contributed by atoms with Crippen LogP contribution in [0.3, 0.4) is 0 Å². The minimum atomic E-state index is -0.609. The van der Waals surface area contributed by atoms with Crippen LogP contribution in [-0.4, -0.2) is 78.1 Å². The third-order valence-corrected chi connectivity index (χ3v) is 6.70. The standard InChI is InChI=1S/C26H31N3O5/c1-34-26(33)29-14-12-28(13-15-29)25(32)19-8-6-18(7-9-19)23(30)10-11-24(31)22-16-20-4-2-3-5-21(20)17-27-22/h2-9,22,24,27,31H,10-17H2,1H3/t22-,24+/m0/s1. The van der Waals surface area contributed by atoms with Gasteiger partial charge in [-0.1, -0.05) is 36.4 Å². The number of fused-ring (bicyclic) bond motifs is 1. The molecule has 0 aliphatic carbocycles. The van der Waals surface area contributed by atoms with Crippen LogP contribution in [0.25, 0.3) is 0 Å². The van der Waals surface area contributed by atoms with Gasteiger partial charge in [-0.25, -0.2) is 4.79 Å². The Morgan fingerprint density at radius 2 is 1.59 bits per heavy atom. The van der Waals surface area contributed by atoms with Crippen molar-refractivity contribution in [2.75, 3.05) is 33.3 Å². The number of ether oxygens (including phenoxy) is 1. The third-order valence-electron chi connectivity index (χ3n) is 6.70. The summed E-state index contributed by atoms with van der Waals surface area (Å²) < 4.78 is 4.72. The summed E-state index contributed by atoms with van der Waals surface area (Å²) in [5, 5.41) is 14.0. The van der Waals surface area contributed by atoms with Crippen molar-refractivity contribution in [3.63, 3.8) is 0 Å². The molecule has 34 heavy (non-hydrogen) atoms. The van der Waals surface area contributed by atoms with Gasteiger partial charge in [0, 0.05) is 56.3 Å². The van der Waals surface area contributed by atoms with Crippen molar-refractivity contribution in [1.82, 2.24) is 15.1 Å². The number of amides is 2. The van der Waals surface area contributed by atoms with E-state index in [2.05, 4.69) is 17.4 Å². The summed E-state index contributed by atoms with van der Waals surface area (Å²) in [7, 11) is 1.34. The second-order valence-corrected chi connectivity index (χ2v) is 8.82. The number of ketones is 1. The maximum Gasteiger partial charge on any atom is 0.409 e. The van der Waals surface area contributed by atoms with Gasteiger partial charge in [0.05, 0.1) is 13.2 Å². The van der Waals surface area contributed by atoms with Crippen LogP contribution in [0.1, 0.15) is 44.7 Å². The molecule has 2 atom stereocenters. The van der Waals surface area contributed by atoms with Crippen LogP contribution in [0.2, 0.25) is 0 Å². The van der Waals surface area contributed by atoms with E-state index in [9.17, 15) is 19.5 Å². The molecule has 1 saturated heterocycles. The minimum Gasteiger partial charge on any atom is -0.453 e. The van der Waals surface area contributed by atoms with Gasteiger partial charge in [-0.15, -0.1) is 0 Å². The highest BCUT2D eigenvalue weighted by Crippen LogP contribution is 2.20. The number of hydrogen-bond acceptors (Lipinski definition) is 6. The summed E-state index contributed by atoms with van der Waals surface area (Å²) in [6.07, 6.45) is 0.370. The van der Waals surface area contributed by atoms with E-state index in [1.54, 1.807) is 34.1 Å². The number of carbonyl (C=O) groups excluding carboxylic acids is 3. The third kappa shape index (κ3) is 5.46. The first-order valence-electron chi connectivity index (χ1n) is 11.7. The summed E-state index contributed by atoms with van der Waals surface area (Å²) in [5.74, 6) is -0.177. The van der Waals surface area contributed by atoms with Gasteiger partial charge in [0.25, 0.3) is 5.91 Å². The van der Waals surface area contributed by atoms with Crippen LogP contribution in [0.4, 0.5) is 4.79 Å². The number of nitrogens with one attached hydrogen (secondary N) is 1. The average molecular weight is 466 g/mol. The smallest absolute Gasteiger partial charge is 0.409 e. The Labute approximate surface area is 199 Å². The summed E-state index contributed by atoms with van der Waals surface area (Å²) in [6, 6.07) is 14.8. The fraction of sp³-hybridized carbons (Fsp3) is 0.423. The lowest BCUT2D eigenvalue weighted by atomic mass is 9.90. The van der Waals surface area contributed by atoms with Crippen molar-refractivity contribution in [2.45, 2.75) is 38.0 Å². The monoisotopic (exact) mass is 465 g/mol. The largest absolute Gasteiger partial charge is 0.453 e. The van der Waals surface area contributed by atoms with E-state index in [1.165, 1.54) is 18.2 Å². The van der Waals surface area contributed by atoms with E-state index in [0.717, 1.165) is 13.0 Å². The number of methoxy groups -OCH3 is 1. The fourth-order valence-electron chi connectivity index (χ4n) is 4.58. The number of piperazine rings is 1. The van der Waals surface area contributed by atoms with Crippen LogP contribution >= 0.6 is 0 Å². The van der Waals surface area contributed by atoms with E-state index in [0.29, 0.717) is 43.7 Å². The zero-order valence-electron chi connectivity index (χ0n) is 19.4. The highest BCUT2D eigenvalue weighted by atomic mass is 16.5. The first kappa shape index (κ1) is 23.9. The number of aliphatic hydroxyl groups is 1. The van der Waals surface area contributed by atoms with E-state index in [1.807, 2.05) is 12.1 Å². The molecule has 0 radical (unpaired) electrons. The molecule has 0 saturated carbocycles. The van der Waals surface area contributed by atoms with Gasteiger partial charge < -0.3 is 25.0 Å². The van der Waals surface area contributed by atoms with Crippen molar-refractivity contribution < 1.29 is 24.2 Å². The number of Topliss-reactive ketones (excluding diaryl/α,β-unsaturated/α-hetero) is 1. The molecule has 4 rings (SSSR count). The Kier molecular flexibility index (Phi) is 7.59. The van der Waals surface area contributed by atoms with Crippen LogP contribution < -0.4 is 5.32 Å². The number of nitrogens with zero attached hydrogens (tertiary/aromatic N) is 2. The van der Waals surface area contributed by atoms with Gasteiger partial charge in [-0.3, -0.25) is 9.59 Å². The average Bonchev–Trinajstić information content (AvgIpc) is 2.90. The molecule has 2 heterocycles. The normalized spacial score (nSPS) is 18.7. The summed E-state index contributed by atoms with van der Waals surface area (Å²) in [6.45, 7) is 2.45. The van der Waals surface area contributed by atoms with E-state index < -0.39 is 6.10 Å². The van der Waals surface area contributed by atoms with Crippen LogP contribution in [0.15, 0.2) is 48.5 Å². The van der Waals surface area contributed by atoms with E-state index in [-0.39, 0.29) is 30.2 Å². The molecule has 0 spiro atoms. The number of aliphatic hydroxyl groups excluding tert-OH is 1. The summed E-state index contributed by atoms with van der Waals surface area (Å²) in [4.78, 5) is 40.3. The van der Waals surface area contributed by atoms with E-state index >= 15 is 0 Å². The molecule has 8 heteroatoms. The van der Waals surface area contributed by atoms with Crippen molar-refractivity contribution in [2.24, 2.45) is 0 Å². The van der Waals surface area contributed by atoms with Crippen LogP contribution in [0.5, 0.6) is 0 Å². The molecule has 0 unspecified atom stereocenters. The Balaban J connectivity index is 1.26. The summed E-state index contributed by atoms with van der Waals surface area (Å²) >= 11 is 0. The second-order valence-electron chi connectivity index (χ2n) is 8.82. The lowest BCUT2D eigenvalue weighted by Gasteiger charge is -2.33. The second kappa shape index (κ2) is 10.8. The lowest BCUT2D eigenvalue weighted by Crippen LogP contribution is -2.50. The fourth-order valence-corrected chi connectivity index (χ4v) is 4.58. The molecule has 1 fully saturated rings. The van der Waals surface area contributed by atoms with Gasteiger partial charge in [0.2, 0.25) is 0 Å². The van der Waals surface area contributed by atoms with Gasteiger partial charge in [0.1, 0.15) is 0 Å². The number of benzene rings is 2. The molecule has 8 nitrogen and oxygen atoms in total. The van der Waals surface area contributed by atoms with Gasteiger partial charge in [-0.2, -0.15) is 0 Å². The van der Waals surface area contributed by atoms with Crippen molar-refractivity contribution in [3.8, 4) is 0 Å². The topological polar surface area (TPSA) is 99.2 Å². The van der Waals surface area contributed by atoms with Crippen LogP contribution in [-0.2, 0) is 17.7 Å². The molecule has 0 aromatic heterocycles. The highest BCUT2D eigenvalue weighted by molar-refractivity contribution is 5.98. The molecule has 2 aliphatic heterocycles. The first-order chi connectivity index (χ1) is 16.5. The molecule has 0 bridgehead atoms.